The lowest BCUT2D eigenvalue weighted by Crippen LogP contribution is -2.01. The Labute approximate surface area is 125 Å². The van der Waals surface area contributed by atoms with E-state index in [1.54, 1.807) is 6.20 Å². The molecule has 2 N–H and O–H groups in total. The molecular formula is C16H11ClN4. The maximum absolute atomic E-state index is 6.12. The molecule has 0 saturated heterocycles. The van der Waals surface area contributed by atoms with Crippen LogP contribution in [0.3, 0.4) is 0 Å². The van der Waals surface area contributed by atoms with E-state index in [1.807, 2.05) is 53.2 Å². The number of nitrogens with two attached hydrogens (primary N) is 1. The smallest absolute Gasteiger partial charge is 0.205 e. The molecule has 0 fully saturated rings. The summed E-state index contributed by atoms with van der Waals surface area (Å²) in [5, 5.41) is 2.79. The Morgan fingerprint density at radius 2 is 2.00 bits per heavy atom. The summed E-state index contributed by atoms with van der Waals surface area (Å²) in [6, 6.07) is 13.6. The van der Waals surface area contributed by atoms with Gasteiger partial charge in [0.15, 0.2) is 0 Å². The first-order valence-electron chi connectivity index (χ1n) is 6.50. The van der Waals surface area contributed by atoms with E-state index in [9.17, 15) is 0 Å². The molecule has 0 aliphatic carbocycles. The van der Waals surface area contributed by atoms with Gasteiger partial charge in [-0.05, 0) is 30.3 Å². The average Bonchev–Trinajstić information content (AvgIpc) is 2.81. The number of hydrogen-bond donors (Lipinski definition) is 1. The third-order valence-electron chi connectivity index (χ3n) is 3.54. The molecule has 21 heavy (non-hydrogen) atoms. The summed E-state index contributed by atoms with van der Waals surface area (Å²) in [5.41, 5.74) is 8.82. The number of nitrogen functional groups attached to an aromatic ring is 1. The van der Waals surface area contributed by atoms with Crippen LogP contribution in [0.1, 0.15) is 0 Å². The summed E-state index contributed by atoms with van der Waals surface area (Å²) < 4.78 is 1.94. The SMILES string of the molecule is Nc1nc2cc(Cl)ccc2n1-c1cccc2cnccc12. The highest BCUT2D eigenvalue weighted by Crippen LogP contribution is 2.29. The Morgan fingerprint density at radius 1 is 1.10 bits per heavy atom. The molecular weight excluding hydrogens is 284 g/mol. The number of imidazole rings is 1. The average molecular weight is 295 g/mol. The van der Waals surface area contributed by atoms with Crippen molar-refractivity contribution in [3.8, 4) is 5.69 Å². The fraction of sp³-hybridized carbons (Fsp3) is 0. The lowest BCUT2D eigenvalue weighted by molar-refractivity contribution is 1.12. The molecule has 102 valence electrons. The molecule has 4 rings (SSSR count). The van der Waals surface area contributed by atoms with Crippen molar-refractivity contribution in [3.05, 3.63) is 59.9 Å². The van der Waals surface area contributed by atoms with Gasteiger partial charge in [-0.15, -0.1) is 0 Å². The number of anilines is 1. The fourth-order valence-corrected chi connectivity index (χ4v) is 2.79. The number of fused-ring (bicyclic) bond motifs is 2. The first-order valence-corrected chi connectivity index (χ1v) is 6.88. The first kappa shape index (κ1) is 12.2. The van der Waals surface area contributed by atoms with Crippen molar-refractivity contribution in [1.29, 1.82) is 0 Å². The number of hydrogen-bond acceptors (Lipinski definition) is 3. The Balaban J connectivity index is 2.11. The molecule has 0 spiro atoms. The van der Waals surface area contributed by atoms with E-state index in [1.165, 1.54) is 0 Å². The summed E-state index contributed by atoms with van der Waals surface area (Å²) in [7, 11) is 0. The van der Waals surface area contributed by atoms with Gasteiger partial charge in [0.2, 0.25) is 5.95 Å². The quantitative estimate of drug-likeness (QED) is 0.581. The monoisotopic (exact) mass is 294 g/mol. The molecule has 2 aromatic carbocycles. The second-order valence-corrected chi connectivity index (χ2v) is 5.25. The van der Waals surface area contributed by atoms with Crippen molar-refractivity contribution in [1.82, 2.24) is 14.5 Å². The second kappa shape index (κ2) is 4.46. The van der Waals surface area contributed by atoms with Gasteiger partial charge in [0.1, 0.15) is 0 Å². The zero-order valence-corrected chi connectivity index (χ0v) is 11.7. The molecule has 0 saturated carbocycles. The lowest BCUT2D eigenvalue weighted by atomic mass is 10.1. The predicted molar refractivity (Wildman–Crippen MR) is 85.8 cm³/mol. The zero-order chi connectivity index (χ0) is 14.4. The Morgan fingerprint density at radius 3 is 2.90 bits per heavy atom. The maximum Gasteiger partial charge on any atom is 0.205 e. The number of nitrogens with zero attached hydrogens (tertiary/aromatic N) is 3. The summed E-state index contributed by atoms with van der Waals surface area (Å²) in [5.74, 6) is 0.441. The van der Waals surface area contributed by atoms with Crippen molar-refractivity contribution in [2.75, 3.05) is 5.73 Å². The van der Waals surface area contributed by atoms with Crippen molar-refractivity contribution in [2.24, 2.45) is 0 Å². The van der Waals surface area contributed by atoms with Crippen LogP contribution in [-0.4, -0.2) is 14.5 Å². The molecule has 4 aromatic rings. The maximum atomic E-state index is 6.12. The summed E-state index contributed by atoms with van der Waals surface area (Å²) >= 11 is 6.02. The van der Waals surface area contributed by atoms with Gasteiger partial charge in [0.05, 0.1) is 16.7 Å². The molecule has 0 unspecified atom stereocenters. The highest BCUT2D eigenvalue weighted by molar-refractivity contribution is 6.31. The molecule has 0 atom stereocenters. The van der Waals surface area contributed by atoms with Crippen LogP contribution in [0.25, 0.3) is 27.5 Å². The van der Waals surface area contributed by atoms with Crippen LogP contribution in [-0.2, 0) is 0 Å². The van der Waals surface area contributed by atoms with Gasteiger partial charge >= 0.3 is 0 Å². The first-order chi connectivity index (χ1) is 10.2. The third-order valence-corrected chi connectivity index (χ3v) is 3.78. The summed E-state index contributed by atoms with van der Waals surface area (Å²) in [6.07, 6.45) is 3.61. The number of rotatable bonds is 1. The van der Waals surface area contributed by atoms with Gasteiger partial charge in [-0.1, -0.05) is 23.7 Å². The highest BCUT2D eigenvalue weighted by atomic mass is 35.5. The van der Waals surface area contributed by atoms with Gasteiger partial charge in [-0.3, -0.25) is 9.55 Å². The van der Waals surface area contributed by atoms with Crippen molar-refractivity contribution in [3.63, 3.8) is 0 Å². The molecule has 0 amide bonds. The normalized spacial score (nSPS) is 11.3. The lowest BCUT2D eigenvalue weighted by Gasteiger charge is -2.10. The van der Waals surface area contributed by atoms with E-state index >= 15 is 0 Å². The summed E-state index contributed by atoms with van der Waals surface area (Å²) in [4.78, 5) is 8.56. The fourth-order valence-electron chi connectivity index (χ4n) is 2.63. The topological polar surface area (TPSA) is 56.7 Å². The minimum absolute atomic E-state index is 0.441. The van der Waals surface area contributed by atoms with Gasteiger partial charge in [0.25, 0.3) is 0 Å². The number of halogens is 1. The molecule has 0 bridgehead atoms. The van der Waals surface area contributed by atoms with Crippen LogP contribution < -0.4 is 5.73 Å². The van der Waals surface area contributed by atoms with E-state index in [0.717, 1.165) is 27.5 Å². The predicted octanol–water partition coefficient (Wildman–Crippen LogP) is 3.81. The van der Waals surface area contributed by atoms with Gasteiger partial charge < -0.3 is 5.73 Å². The Kier molecular flexibility index (Phi) is 2.59. The highest BCUT2D eigenvalue weighted by Gasteiger charge is 2.12. The third kappa shape index (κ3) is 1.84. The van der Waals surface area contributed by atoms with Gasteiger partial charge in [-0.2, -0.15) is 0 Å². The molecule has 2 aromatic heterocycles. The van der Waals surface area contributed by atoms with Gasteiger partial charge in [-0.25, -0.2) is 4.98 Å². The number of benzene rings is 2. The van der Waals surface area contributed by atoms with Crippen LogP contribution >= 0.6 is 11.6 Å². The number of pyridine rings is 1. The minimum Gasteiger partial charge on any atom is -0.369 e. The van der Waals surface area contributed by atoms with Crippen molar-refractivity contribution in [2.45, 2.75) is 0 Å². The molecule has 4 nitrogen and oxygen atoms in total. The van der Waals surface area contributed by atoms with E-state index in [2.05, 4.69) is 9.97 Å². The van der Waals surface area contributed by atoms with Crippen LogP contribution in [0.4, 0.5) is 5.95 Å². The van der Waals surface area contributed by atoms with Crippen LogP contribution in [0, 0.1) is 0 Å². The van der Waals surface area contributed by atoms with E-state index in [0.29, 0.717) is 11.0 Å². The van der Waals surface area contributed by atoms with Crippen LogP contribution in [0.15, 0.2) is 54.9 Å². The zero-order valence-electron chi connectivity index (χ0n) is 11.0. The van der Waals surface area contributed by atoms with E-state index in [4.69, 9.17) is 17.3 Å². The number of aromatic nitrogens is 3. The van der Waals surface area contributed by atoms with Gasteiger partial charge in [0, 0.05) is 28.2 Å². The molecule has 0 aliphatic rings. The molecule has 0 radical (unpaired) electrons. The minimum atomic E-state index is 0.441. The van der Waals surface area contributed by atoms with Crippen LogP contribution in [0.2, 0.25) is 5.02 Å². The largest absolute Gasteiger partial charge is 0.369 e. The van der Waals surface area contributed by atoms with E-state index in [-0.39, 0.29) is 0 Å². The second-order valence-electron chi connectivity index (χ2n) is 4.81. The molecule has 5 heteroatoms. The van der Waals surface area contributed by atoms with Crippen molar-refractivity contribution < 1.29 is 0 Å². The Hall–Kier alpha value is -2.59. The molecule has 2 heterocycles. The molecule has 0 aliphatic heterocycles. The Bertz CT molecular complexity index is 969. The van der Waals surface area contributed by atoms with Crippen LogP contribution in [0.5, 0.6) is 0 Å². The van der Waals surface area contributed by atoms with E-state index < -0.39 is 0 Å². The summed E-state index contributed by atoms with van der Waals surface area (Å²) in [6.45, 7) is 0. The van der Waals surface area contributed by atoms with Crippen molar-refractivity contribution >= 4 is 39.4 Å². The standard InChI is InChI=1S/C16H11ClN4/c17-11-4-5-15-13(8-11)20-16(18)21(15)14-3-1-2-10-9-19-7-6-12(10)14/h1-9H,(H2,18,20).